The number of aryl methyl sites for hydroxylation is 1. The van der Waals surface area contributed by atoms with Gasteiger partial charge < -0.3 is 20.4 Å². The molecule has 140 valence electrons. The summed E-state index contributed by atoms with van der Waals surface area (Å²) >= 11 is 0. The highest BCUT2D eigenvalue weighted by Gasteiger charge is 2.38. The fraction of sp³-hybridized carbons (Fsp3) is 0.600. The second-order valence-electron chi connectivity index (χ2n) is 8.04. The summed E-state index contributed by atoms with van der Waals surface area (Å²) in [6.45, 7) is 4.88. The van der Waals surface area contributed by atoms with E-state index in [2.05, 4.69) is 28.6 Å². The van der Waals surface area contributed by atoms with Crippen LogP contribution in [0.2, 0.25) is 0 Å². The highest BCUT2D eigenvalue weighted by atomic mass is 16.2. The highest BCUT2D eigenvalue weighted by Crippen LogP contribution is 2.27. The van der Waals surface area contributed by atoms with E-state index < -0.39 is 0 Å². The molecule has 2 N–H and O–H groups in total. The molecule has 2 amide bonds. The number of carbonyl (C=O) groups is 2. The number of hydrogen-bond acceptors (Lipinski definition) is 4. The van der Waals surface area contributed by atoms with Gasteiger partial charge in [0.1, 0.15) is 0 Å². The van der Waals surface area contributed by atoms with Crippen LogP contribution in [0.15, 0.2) is 18.2 Å². The lowest BCUT2D eigenvalue weighted by molar-refractivity contribution is -0.132. The summed E-state index contributed by atoms with van der Waals surface area (Å²) in [4.78, 5) is 28.6. The fourth-order valence-electron chi connectivity index (χ4n) is 4.52. The molecular formula is C20H28N4O2. The molecule has 4 rings (SSSR count). The Balaban J connectivity index is 1.35. The average molecular weight is 356 g/mol. The monoisotopic (exact) mass is 356 g/mol. The van der Waals surface area contributed by atoms with Crippen LogP contribution in [0.3, 0.4) is 0 Å². The number of piperidine rings is 1. The fourth-order valence-corrected chi connectivity index (χ4v) is 4.52. The van der Waals surface area contributed by atoms with Crippen molar-refractivity contribution in [3.05, 3.63) is 29.3 Å². The Morgan fingerprint density at radius 3 is 2.77 bits per heavy atom. The lowest BCUT2D eigenvalue weighted by Gasteiger charge is -2.47. The summed E-state index contributed by atoms with van der Waals surface area (Å²) in [6, 6.07) is 5.98. The quantitative estimate of drug-likeness (QED) is 0.830. The lowest BCUT2D eigenvalue weighted by Crippen LogP contribution is -2.63. The number of anilines is 1. The first-order valence-corrected chi connectivity index (χ1v) is 9.66. The van der Waals surface area contributed by atoms with Gasteiger partial charge in [-0.3, -0.25) is 9.59 Å². The number of nitrogens with one attached hydrogen (secondary N) is 2. The summed E-state index contributed by atoms with van der Waals surface area (Å²) in [6.07, 6.45) is 3.79. The summed E-state index contributed by atoms with van der Waals surface area (Å²) < 4.78 is 0. The lowest BCUT2D eigenvalue weighted by atomic mass is 9.85. The van der Waals surface area contributed by atoms with Gasteiger partial charge in [0.15, 0.2) is 0 Å². The van der Waals surface area contributed by atoms with Gasteiger partial charge in [-0.25, -0.2) is 0 Å². The summed E-state index contributed by atoms with van der Waals surface area (Å²) in [7, 11) is 2.18. The molecule has 0 radical (unpaired) electrons. The summed E-state index contributed by atoms with van der Waals surface area (Å²) in [5.74, 6) is 0.286. The number of likely N-dealkylation sites (tertiary alicyclic amines) is 1. The number of fused-ring (bicyclic) bond motifs is 1. The van der Waals surface area contributed by atoms with Crippen molar-refractivity contribution in [2.75, 3.05) is 45.1 Å². The maximum absolute atomic E-state index is 12.7. The van der Waals surface area contributed by atoms with E-state index in [0.29, 0.717) is 12.8 Å². The zero-order chi connectivity index (χ0) is 18.1. The Morgan fingerprint density at radius 1 is 1.19 bits per heavy atom. The predicted octanol–water partition coefficient (Wildman–Crippen LogP) is 1.01. The summed E-state index contributed by atoms with van der Waals surface area (Å²) in [5, 5.41) is 6.59. The van der Waals surface area contributed by atoms with Crippen LogP contribution in [0, 0.1) is 0 Å². The van der Waals surface area contributed by atoms with Gasteiger partial charge in [-0.15, -0.1) is 0 Å². The van der Waals surface area contributed by atoms with Crippen LogP contribution in [0.4, 0.5) is 5.69 Å². The summed E-state index contributed by atoms with van der Waals surface area (Å²) in [5.41, 5.74) is 3.26. The smallest absolute Gasteiger partial charge is 0.226 e. The average Bonchev–Trinajstić information content (AvgIpc) is 2.62. The molecule has 3 aliphatic heterocycles. The maximum atomic E-state index is 12.7. The van der Waals surface area contributed by atoms with E-state index >= 15 is 0 Å². The van der Waals surface area contributed by atoms with Gasteiger partial charge in [-0.05, 0) is 43.5 Å². The molecular weight excluding hydrogens is 328 g/mol. The largest absolute Gasteiger partial charge is 0.342 e. The van der Waals surface area contributed by atoms with Crippen molar-refractivity contribution in [2.45, 2.75) is 37.6 Å². The molecule has 26 heavy (non-hydrogen) atoms. The van der Waals surface area contributed by atoms with Crippen LogP contribution in [0.5, 0.6) is 0 Å². The molecule has 0 aliphatic carbocycles. The Labute approximate surface area is 154 Å². The van der Waals surface area contributed by atoms with Crippen LogP contribution in [0.25, 0.3) is 0 Å². The molecule has 0 unspecified atom stereocenters. The SMILES string of the molecule is CN1CCNC2(CCN(C(=O)Cc3ccc4c(c3)CCC(=O)N4)CC2)C1. The molecule has 3 heterocycles. The van der Waals surface area contributed by atoms with Crippen molar-refractivity contribution < 1.29 is 9.59 Å². The van der Waals surface area contributed by atoms with Crippen molar-refractivity contribution >= 4 is 17.5 Å². The molecule has 6 nitrogen and oxygen atoms in total. The third kappa shape index (κ3) is 3.62. The van der Waals surface area contributed by atoms with Crippen molar-refractivity contribution in [2.24, 2.45) is 0 Å². The van der Waals surface area contributed by atoms with E-state index in [9.17, 15) is 9.59 Å². The van der Waals surface area contributed by atoms with E-state index in [0.717, 1.165) is 68.8 Å². The third-order valence-corrected chi connectivity index (χ3v) is 6.06. The van der Waals surface area contributed by atoms with E-state index in [4.69, 9.17) is 0 Å². The zero-order valence-electron chi connectivity index (χ0n) is 15.5. The first-order valence-electron chi connectivity index (χ1n) is 9.66. The van der Waals surface area contributed by atoms with Crippen LogP contribution in [-0.2, 0) is 22.4 Å². The zero-order valence-corrected chi connectivity index (χ0v) is 15.5. The Bertz CT molecular complexity index is 710. The Morgan fingerprint density at radius 2 is 2.00 bits per heavy atom. The van der Waals surface area contributed by atoms with Gasteiger partial charge in [0.2, 0.25) is 11.8 Å². The molecule has 2 saturated heterocycles. The number of carbonyl (C=O) groups excluding carboxylic acids is 2. The maximum Gasteiger partial charge on any atom is 0.226 e. The minimum Gasteiger partial charge on any atom is -0.342 e. The molecule has 6 heteroatoms. The number of piperazine rings is 1. The molecule has 1 aromatic carbocycles. The molecule has 2 fully saturated rings. The van der Waals surface area contributed by atoms with Crippen molar-refractivity contribution in [1.82, 2.24) is 15.1 Å². The molecule has 1 spiro atoms. The second-order valence-corrected chi connectivity index (χ2v) is 8.04. The molecule has 0 saturated carbocycles. The van der Waals surface area contributed by atoms with Gasteiger partial charge in [0.05, 0.1) is 6.42 Å². The van der Waals surface area contributed by atoms with Crippen LogP contribution >= 0.6 is 0 Å². The normalized spacial score (nSPS) is 22.8. The molecule has 3 aliphatic rings. The topological polar surface area (TPSA) is 64.7 Å². The number of amides is 2. The molecule has 0 aromatic heterocycles. The van der Waals surface area contributed by atoms with Crippen molar-refractivity contribution in [3.63, 3.8) is 0 Å². The minimum absolute atomic E-state index is 0.0746. The number of nitrogens with zero attached hydrogens (tertiary/aromatic N) is 2. The van der Waals surface area contributed by atoms with Gasteiger partial charge in [-0.2, -0.15) is 0 Å². The molecule has 0 atom stereocenters. The Kier molecular flexibility index (Phi) is 4.71. The van der Waals surface area contributed by atoms with E-state index in [1.807, 2.05) is 17.0 Å². The highest BCUT2D eigenvalue weighted by molar-refractivity contribution is 5.94. The van der Waals surface area contributed by atoms with Crippen LogP contribution < -0.4 is 10.6 Å². The Hall–Kier alpha value is -1.92. The van der Waals surface area contributed by atoms with Gasteiger partial charge >= 0.3 is 0 Å². The van der Waals surface area contributed by atoms with E-state index in [-0.39, 0.29) is 17.4 Å². The number of likely N-dealkylation sites (N-methyl/N-ethyl adjacent to an activating group) is 1. The van der Waals surface area contributed by atoms with Crippen LogP contribution in [-0.4, -0.2) is 66.9 Å². The standard InChI is InChI=1S/C20H28N4O2/c1-23-11-8-21-20(14-23)6-9-24(10-7-20)19(26)13-15-2-4-17-16(12-15)3-5-18(25)22-17/h2,4,12,21H,3,5-11,13-14H2,1H3,(H,22,25). The minimum atomic E-state index is 0.0746. The first-order chi connectivity index (χ1) is 12.5. The number of benzene rings is 1. The first kappa shape index (κ1) is 17.5. The van der Waals surface area contributed by atoms with Crippen LogP contribution in [0.1, 0.15) is 30.4 Å². The number of rotatable bonds is 2. The van der Waals surface area contributed by atoms with Crippen molar-refractivity contribution in [3.8, 4) is 0 Å². The molecule has 1 aromatic rings. The van der Waals surface area contributed by atoms with Gasteiger partial charge in [0.25, 0.3) is 0 Å². The van der Waals surface area contributed by atoms with E-state index in [1.54, 1.807) is 0 Å². The van der Waals surface area contributed by atoms with Gasteiger partial charge in [-0.1, -0.05) is 12.1 Å². The van der Waals surface area contributed by atoms with Crippen molar-refractivity contribution in [1.29, 1.82) is 0 Å². The number of hydrogen-bond donors (Lipinski definition) is 2. The predicted molar refractivity (Wildman–Crippen MR) is 101 cm³/mol. The second kappa shape index (κ2) is 7.00. The molecule has 0 bridgehead atoms. The third-order valence-electron chi connectivity index (χ3n) is 6.06. The van der Waals surface area contributed by atoms with Gasteiger partial charge in [0, 0.05) is 50.4 Å². The van der Waals surface area contributed by atoms with E-state index in [1.165, 1.54) is 0 Å².